The summed E-state index contributed by atoms with van der Waals surface area (Å²) in [6.45, 7) is 0. The molecule has 24 valence electrons. The Bertz CT molecular complexity index is 8.00. The molecule has 0 N–H and O–H groups in total. The average Bonchev–Trinajstić information content (AvgIpc) is 1.00. The zero-order valence-electron chi connectivity index (χ0n) is 1.16. The van der Waals surface area contributed by atoms with Gasteiger partial charge in [-0.05, 0) is 0 Å². The Morgan fingerprint density at radius 1 is 1.25 bits per heavy atom. The molecule has 0 atom stereocenters. The van der Waals surface area contributed by atoms with Crippen molar-refractivity contribution in [2.24, 2.45) is 0 Å². The van der Waals surface area contributed by atoms with Crippen molar-refractivity contribution >= 4 is 91.9 Å². The Morgan fingerprint density at radius 2 is 1.25 bits per heavy atom. The zero-order chi connectivity index (χ0) is 2.00. The molecule has 0 bridgehead atoms. The predicted octanol–water partition coefficient (Wildman–Crippen LogP) is -1.15. The minimum absolute atomic E-state index is 0. The van der Waals surface area contributed by atoms with E-state index in [-0.39, 0.29) is 91.3 Å². The summed E-state index contributed by atoms with van der Waals surface area (Å²) in [6.07, 6.45) is 0. The number of hydrogen-bond donors (Lipinski definition) is 0. The fourth-order valence-corrected chi connectivity index (χ4v) is 0. The summed E-state index contributed by atoms with van der Waals surface area (Å²) in [7, 11) is 0. The molecule has 0 aliphatic heterocycles. The van der Waals surface area contributed by atoms with Gasteiger partial charge >= 0.3 is 94.9 Å². The third-order valence-corrected chi connectivity index (χ3v) is 0. The van der Waals surface area contributed by atoms with Gasteiger partial charge in [0.2, 0.25) is 0 Å². The summed E-state index contributed by atoms with van der Waals surface area (Å²) in [5, 5.41) is 0. The van der Waals surface area contributed by atoms with Crippen LogP contribution in [0.2, 0.25) is 0 Å². The van der Waals surface area contributed by atoms with E-state index in [4.69, 9.17) is 3.02 Å². The molecule has 1 nitrogen and oxygen atoms in total. The molecule has 0 saturated carbocycles. The summed E-state index contributed by atoms with van der Waals surface area (Å²) < 4.78 is 8.30. The fourth-order valence-electron chi connectivity index (χ4n) is 0. The second-order valence-electron chi connectivity index (χ2n) is 0. The topological polar surface area (TPSA) is 17.1 Å². The van der Waals surface area contributed by atoms with E-state index in [0.717, 1.165) is 0 Å². The Hall–Kier alpha value is 3.41. The summed E-state index contributed by atoms with van der Waals surface area (Å²) in [5.74, 6) is 0. The molecule has 0 aromatic rings. The average molecular weight is 380 g/mol. The molecule has 0 aliphatic rings. The van der Waals surface area contributed by atoms with E-state index in [1.165, 1.54) is 0 Å². The van der Waals surface area contributed by atoms with Crippen LogP contribution in [0, 0.1) is 0 Å². The van der Waals surface area contributed by atoms with Crippen molar-refractivity contribution in [2.45, 2.75) is 0 Å². The molecule has 0 aromatic heterocycles. The van der Waals surface area contributed by atoms with Gasteiger partial charge in [0.05, 0.1) is 0 Å². The predicted molar refractivity (Wildman–Crippen MR) is 13.6 cm³/mol. The standard InChI is InChI=1S/Ag.Cs.O.Sb.H. The molecule has 0 amide bonds. The van der Waals surface area contributed by atoms with Crippen molar-refractivity contribution in [1.82, 2.24) is 0 Å². The van der Waals surface area contributed by atoms with E-state index in [1.807, 2.05) is 0 Å². The van der Waals surface area contributed by atoms with E-state index < -0.39 is 0 Å². The second kappa shape index (κ2) is 16.1. The Labute approximate surface area is 113 Å². The number of rotatable bonds is 0. The Balaban J connectivity index is -0.00000000500. The summed E-state index contributed by atoms with van der Waals surface area (Å²) in [5.41, 5.74) is 0. The summed E-state index contributed by atoms with van der Waals surface area (Å²) in [6, 6.07) is 0. The van der Waals surface area contributed by atoms with Crippen molar-refractivity contribution in [3.05, 3.63) is 0 Å². The summed E-state index contributed by atoms with van der Waals surface area (Å²) in [4.78, 5) is 0. The van der Waals surface area contributed by atoms with Crippen LogP contribution in [0.15, 0.2) is 0 Å². The molecule has 0 spiro atoms. The molecule has 0 rings (SSSR count). The molecule has 4 heavy (non-hydrogen) atoms. The van der Waals surface area contributed by atoms with Crippen LogP contribution in [-0.4, -0.2) is 91.9 Å². The van der Waals surface area contributed by atoms with Gasteiger partial charge in [0.25, 0.3) is 0 Å². The van der Waals surface area contributed by atoms with Gasteiger partial charge in [-0.1, -0.05) is 0 Å². The fraction of sp³-hybridized carbons (Fsp3) is 0. The molecule has 0 heterocycles. The molecule has 0 unspecified atom stereocenters. The Morgan fingerprint density at radius 3 is 1.25 bits per heavy atom. The van der Waals surface area contributed by atoms with Crippen LogP contribution in [-0.2, 0) is 25.4 Å². The molecule has 4 heteroatoms. The van der Waals surface area contributed by atoms with E-state index in [2.05, 4.69) is 0 Å². The van der Waals surface area contributed by atoms with Crippen LogP contribution in [0.1, 0.15) is 0 Å². The van der Waals surface area contributed by atoms with Crippen molar-refractivity contribution in [1.29, 1.82) is 0 Å². The first-order valence-corrected chi connectivity index (χ1v) is 1.22. The van der Waals surface area contributed by atoms with Crippen LogP contribution in [0.3, 0.4) is 0 Å². The van der Waals surface area contributed by atoms with Crippen molar-refractivity contribution < 1.29 is 25.4 Å². The van der Waals surface area contributed by atoms with Gasteiger partial charge in [-0.2, -0.15) is 0 Å². The van der Waals surface area contributed by atoms with Crippen LogP contribution >= 0.6 is 0 Å². The van der Waals surface area contributed by atoms with Crippen molar-refractivity contribution in [3.8, 4) is 0 Å². The summed E-state index contributed by atoms with van der Waals surface area (Å²) >= 11 is 0.500. The first kappa shape index (κ1) is 15.7. The monoisotopic (exact) mass is 378 g/mol. The van der Waals surface area contributed by atoms with Gasteiger partial charge in [0.15, 0.2) is 0 Å². The van der Waals surface area contributed by atoms with Crippen molar-refractivity contribution in [3.63, 3.8) is 0 Å². The normalized spacial score (nSPS) is 1.00. The second-order valence-corrected chi connectivity index (χ2v) is 0. The van der Waals surface area contributed by atoms with Crippen LogP contribution in [0.5, 0.6) is 0 Å². The quantitative estimate of drug-likeness (QED) is 0.486. The van der Waals surface area contributed by atoms with E-state index in [1.54, 1.807) is 0 Å². The number of hydrogen-bond acceptors (Lipinski definition) is 1. The zero-order valence-corrected chi connectivity index (χ0v) is 5.19. The maximum atomic E-state index is 8.30. The molecule has 0 aliphatic carbocycles. The third-order valence-electron chi connectivity index (χ3n) is 0. The third kappa shape index (κ3) is 9.05. The van der Waals surface area contributed by atoms with E-state index in [0.29, 0.717) is 23.0 Å². The van der Waals surface area contributed by atoms with Crippen LogP contribution in [0.25, 0.3) is 0 Å². The van der Waals surface area contributed by atoms with Gasteiger partial charge in [-0.25, -0.2) is 0 Å². The van der Waals surface area contributed by atoms with Gasteiger partial charge in [-0.3, -0.25) is 0 Å². The first-order chi connectivity index (χ1) is 1.00. The van der Waals surface area contributed by atoms with Crippen LogP contribution in [0.4, 0.5) is 0 Å². The molecule has 0 saturated heterocycles. The molecule has 2 radical (unpaired) electrons. The van der Waals surface area contributed by atoms with Gasteiger partial charge < -0.3 is 0 Å². The van der Waals surface area contributed by atoms with Crippen LogP contribution < -0.4 is 0 Å². The maximum absolute atomic E-state index is 8.30. The van der Waals surface area contributed by atoms with E-state index in [9.17, 15) is 0 Å². The van der Waals surface area contributed by atoms with Gasteiger partial charge in [-0.15, -0.1) is 0 Å². The SMILES string of the molecule is [Ag].[CsH].[O]=[Sb]. The molecule has 0 fully saturated rings. The molecular weight excluding hydrogens is 379 g/mol. The first-order valence-electron chi connectivity index (χ1n) is 0.183. The molecule has 0 aromatic carbocycles. The minimum atomic E-state index is 0. The van der Waals surface area contributed by atoms with Gasteiger partial charge in [0.1, 0.15) is 0 Å². The Kier molecular flexibility index (Phi) is 63.1. The molecular formula is HAgCsOSb. The van der Waals surface area contributed by atoms with Gasteiger partial charge in [0, 0.05) is 22.4 Å². The van der Waals surface area contributed by atoms with Crippen molar-refractivity contribution in [2.75, 3.05) is 0 Å². The van der Waals surface area contributed by atoms with E-state index >= 15 is 0 Å².